The van der Waals surface area contributed by atoms with Crippen molar-refractivity contribution in [1.29, 1.82) is 0 Å². The Kier molecular flexibility index (Phi) is 12.0. The molecule has 10 nitrogen and oxygen atoms in total. The van der Waals surface area contributed by atoms with Crippen molar-refractivity contribution in [2.75, 3.05) is 63.5 Å². The zero-order chi connectivity index (χ0) is 27.0. The summed E-state index contributed by atoms with van der Waals surface area (Å²) in [5.41, 5.74) is 1.84. The molecule has 0 fully saturated rings. The van der Waals surface area contributed by atoms with Crippen LogP contribution in [0, 0.1) is 0 Å². The molecule has 0 aliphatic heterocycles. The maximum Gasteiger partial charge on any atom is 0.255 e. The van der Waals surface area contributed by atoms with Crippen LogP contribution in [-0.4, -0.2) is 74.9 Å². The van der Waals surface area contributed by atoms with Crippen molar-refractivity contribution in [1.82, 2.24) is 0 Å². The van der Waals surface area contributed by atoms with E-state index in [2.05, 4.69) is 10.6 Å². The van der Waals surface area contributed by atoms with Gasteiger partial charge in [-0.15, -0.1) is 0 Å². The quantitative estimate of drug-likeness (QED) is 0.210. The third kappa shape index (κ3) is 9.83. The number of hydrogen-bond donors (Lipinski definition) is 4. The van der Waals surface area contributed by atoms with Crippen molar-refractivity contribution in [3.8, 4) is 11.5 Å². The minimum Gasteiger partial charge on any atom is -0.491 e. The molecule has 0 saturated carbocycles. The van der Waals surface area contributed by atoms with E-state index in [4.69, 9.17) is 29.2 Å². The molecule has 0 saturated heterocycles. The van der Waals surface area contributed by atoms with Crippen molar-refractivity contribution in [2.45, 2.75) is 0 Å². The van der Waals surface area contributed by atoms with E-state index in [9.17, 15) is 9.59 Å². The molecule has 4 N–H and O–H groups in total. The van der Waals surface area contributed by atoms with E-state index in [0.717, 1.165) is 0 Å². The van der Waals surface area contributed by atoms with E-state index >= 15 is 0 Å². The molecule has 0 spiro atoms. The van der Waals surface area contributed by atoms with Crippen LogP contribution in [0.2, 0.25) is 0 Å². The molecule has 3 aromatic carbocycles. The molecule has 0 radical (unpaired) electrons. The number of nitrogens with one attached hydrogen (secondary N) is 2. The van der Waals surface area contributed by atoms with Crippen LogP contribution >= 0.6 is 0 Å². The Morgan fingerprint density at radius 3 is 1.39 bits per heavy atom. The Balaban J connectivity index is 1.49. The van der Waals surface area contributed by atoms with Crippen LogP contribution in [0.15, 0.2) is 72.8 Å². The third-order valence-corrected chi connectivity index (χ3v) is 5.08. The van der Waals surface area contributed by atoms with Gasteiger partial charge in [-0.25, -0.2) is 0 Å². The molecule has 202 valence electrons. The molecule has 38 heavy (non-hydrogen) atoms. The second-order valence-electron chi connectivity index (χ2n) is 7.91. The number of amides is 2. The molecule has 2 amide bonds. The van der Waals surface area contributed by atoms with Crippen LogP contribution in [0.5, 0.6) is 11.5 Å². The molecule has 0 unspecified atom stereocenters. The van der Waals surface area contributed by atoms with Gasteiger partial charge in [0.15, 0.2) is 0 Å². The van der Waals surface area contributed by atoms with Crippen molar-refractivity contribution in [3.63, 3.8) is 0 Å². The number of aliphatic hydroxyl groups excluding tert-OH is 2. The van der Waals surface area contributed by atoms with Gasteiger partial charge in [0.05, 0.1) is 39.6 Å². The van der Waals surface area contributed by atoms with Crippen LogP contribution in [0.25, 0.3) is 0 Å². The van der Waals surface area contributed by atoms with Crippen LogP contribution in [0.3, 0.4) is 0 Å². The maximum atomic E-state index is 12.7. The first-order valence-electron chi connectivity index (χ1n) is 12.1. The first-order valence-corrected chi connectivity index (χ1v) is 12.1. The van der Waals surface area contributed by atoms with Gasteiger partial charge >= 0.3 is 0 Å². The molecule has 0 bridgehead atoms. The van der Waals surface area contributed by atoms with E-state index in [1.165, 1.54) is 6.07 Å². The first-order chi connectivity index (χ1) is 18.6. The summed E-state index contributed by atoms with van der Waals surface area (Å²) in [6.45, 7) is 1.90. The predicted molar refractivity (Wildman–Crippen MR) is 142 cm³/mol. The van der Waals surface area contributed by atoms with Crippen molar-refractivity contribution >= 4 is 23.2 Å². The van der Waals surface area contributed by atoms with Gasteiger partial charge in [0, 0.05) is 22.5 Å². The van der Waals surface area contributed by atoms with Gasteiger partial charge in [0.1, 0.15) is 24.7 Å². The SMILES string of the molecule is O=C(Nc1ccc(OCCOCCO)cc1)c1cccc(C(=O)Nc2ccc(OCCOCCO)cc2)c1. The molecular formula is C28H32N2O8. The molecule has 0 heterocycles. The second kappa shape index (κ2) is 16.0. The highest BCUT2D eigenvalue weighted by molar-refractivity contribution is 6.08. The highest BCUT2D eigenvalue weighted by atomic mass is 16.5. The van der Waals surface area contributed by atoms with Crippen molar-refractivity contribution < 1.29 is 38.7 Å². The van der Waals surface area contributed by atoms with Gasteiger partial charge in [0.25, 0.3) is 11.8 Å². The summed E-state index contributed by atoms with van der Waals surface area (Å²) in [6.07, 6.45) is 0. The standard InChI is InChI=1S/C28H32N2O8/c31-12-14-35-16-18-37-25-8-4-23(5-9-25)29-27(33)21-2-1-3-22(20-21)28(34)30-24-6-10-26(11-7-24)38-19-17-36-15-13-32/h1-11,20,31-32H,12-19H2,(H,29,33)(H,30,34). The number of carbonyl (C=O) groups excluding carboxylic acids is 2. The van der Waals surface area contributed by atoms with Crippen LogP contribution < -0.4 is 20.1 Å². The lowest BCUT2D eigenvalue weighted by atomic mass is 10.1. The van der Waals surface area contributed by atoms with E-state index in [1.54, 1.807) is 66.7 Å². The minimum atomic E-state index is -0.352. The summed E-state index contributed by atoms with van der Waals surface area (Å²) in [7, 11) is 0. The number of anilines is 2. The van der Waals surface area contributed by atoms with E-state index < -0.39 is 0 Å². The molecule has 3 aromatic rings. The number of ether oxygens (including phenoxy) is 4. The predicted octanol–water partition coefficient (Wildman–Crippen LogP) is 2.97. The average molecular weight is 525 g/mol. The molecule has 0 atom stereocenters. The van der Waals surface area contributed by atoms with Gasteiger partial charge in [-0.2, -0.15) is 0 Å². The Morgan fingerprint density at radius 1 is 0.579 bits per heavy atom. The lowest BCUT2D eigenvalue weighted by molar-refractivity contribution is 0.0705. The van der Waals surface area contributed by atoms with Crippen LogP contribution in [-0.2, 0) is 9.47 Å². The number of rotatable bonds is 16. The zero-order valence-electron chi connectivity index (χ0n) is 20.9. The smallest absolute Gasteiger partial charge is 0.255 e. The number of benzene rings is 3. The summed E-state index contributed by atoms with van der Waals surface area (Å²) in [6, 6.07) is 20.2. The van der Waals surface area contributed by atoms with Gasteiger partial charge in [-0.05, 0) is 66.7 Å². The molecule has 0 aliphatic rings. The molecule has 0 aromatic heterocycles. The summed E-state index contributed by atoms with van der Waals surface area (Å²) >= 11 is 0. The Morgan fingerprint density at radius 2 is 1.00 bits per heavy atom. The van der Waals surface area contributed by atoms with Gasteiger partial charge in [0.2, 0.25) is 0 Å². The maximum absolute atomic E-state index is 12.7. The average Bonchev–Trinajstić information content (AvgIpc) is 2.94. The first kappa shape index (κ1) is 28.6. The number of hydrogen-bond acceptors (Lipinski definition) is 8. The van der Waals surface area contributed by atoms with E-state index in [0.29, 0.717) is 60.4 Å². The van der Waals surface area contributed by atoms with Gasteiger partial charge in [-0.1, -0.05) is 6.07 Å². The van der Waals surface area contributed by atoms with E-state index in [1.807, 2.05) is 0 Å². The molecular weight excluding hydrogens is 492 g/mol. The topological polar surface area (TPSA) is 136 Å². The Labute approximate surface area is 221 Å². The number of aliphatic hydroxyl groups is 2. The summed E-state index contributed by atoms with van der Waals surface area (Å²) in [4.78, 5) is 25.5. The molecule has 10 heteroatoms. The van der Waals surface area contributed by atoms with Gasteiger partial charge in [-0.3, -0.25) is 9.59 Å². The summed E-state index contributed by atoms with van der Waals surface area (Å²) in [5.74, 6) is 0.548. The molecule has 0 aliphatic carbocycles. The lowest BCUT2D eigenvalue weighted by Gasteiger charge is -2.10. The third-order valence-electron chi connectivity index (χ3n) is 5.08. The number of carbonyl (C=O) groups is 2. The van der Waals surface area contributed by atoms with Crippen molar-refractivity contribution in [3.05, 3.63) is 83.9 Å². The molecule has 3 rings (SSSR count). The Hall–Kier alpha value is -3.96. The van der Waals surface area contributed by atoms with Crippen molar-refractivity contribution in [2.24, 2.45) is 0 Å². The Bertz CT molecular complexity index is 1050. The summed E-state index contributed by atoms with van der Waals surface area (Å²) in [5, 5.41) is 23.0. The fraction of sp³-hybridized carbons (Fsp3) is 0.286. The minimum absolute atomic E-state index is 0.0312. The normalized spacial score (nSPS) is 10.6. The van der Waals surface area contributed by atoms with Crippen LogP contribution in [0.1, 0.15) is 20.7 Å². The highest BCUT2D eigenvalue weighted by Gasteiger charge is 2.12. The van der Waals surface area contributed by atoms with Crippen LogP contribution in [0.4, 0.5) is 11.4 Å². The monoisotopic (exact) mass is 524 g/mol. The largest absolute Gasteiger partial charge is 0.491 e. The zero-order valence-corrected chi connectivity index (χ0v) is 20.9. The van der Waals surface area contributed by atoms with Gasteiger partial charge < -0.3 is 39.8 Å². The second-order valence-corrected chi connectivity index (χ2v) is 7.91. The lowest BCUT2D eigenvalue weighted by Crippen LogP contribution is -2.15. The fourth-order valence-corrected chi connectivity index (χ4v) is 3.25. The highest BCUT2D eigenvalue weighted by Crippen LogP contribution is 2.19. The van der Waals surface area contributed by atoms with E-state index in [-0.39, 0.29) is 38.2 Å². The summed E-state index contributed by atoms with van der Waals surface area (Å²) < 4.78 is 21.4. The fourth-order valence-electron chi connectivity index (χ4n) is 3.25.